The number of hydrogen-bond donors (Lipinski definition) is 1. The molecule has 0 aromatic carbocycles. The number of nitrogens with two attached hydrogens (primary N) is 1. The Morgan fingerprint density at radius 2 is 2.20 bits per heavy atom. The van der Waals surface area contributed by atoms with Crippen molar-refractivity contribution in [2.75, 3.05) is 13.6 Å². The van der Waals surface area contributed by atoms with Gasteiger partial charge < -0.3 is 10.6 Å². The molecule has 20 heavy (non-hydrogen) atoms. The van der Waals surface area contributed by atoms with Gasteiger partial charge in [0.2, 0.25) is 0 Å². The summed E-state index contributed by atoms with van der Waals surface area (Å²) in [5.41, 5.74) is 7.62. The zero-order valence-corrected chi connectivity index (χ0v) is 13.1. The molecule has 1 fully saturated rings. The maximum atomic E-state index is 6.34. The van der Waals surface area contributed by atoms with Gasteiger partial charge in [0.25, 0.3) is 0 Å². The van der Waals surface area contributed by atoms with E-state index in [1.807, 2.05) is 18.5 Å². The van der Waals surface area contributed by atoms with Gasteiger partial charge in [0, 0.05) is 31.5 Å². The van der Waals surface area contributed by atoms with Gasteiger partial charge in [0.05, 0.1) is 0 Å². The third kappa shape index (κ3) is 4.29. The van der Waals surface area contributed by atoms with Crippen LogP contribution in [-0.2, 0) is 6.54 Å². The SMILES string of the molecule is CC(C)C1CCC(N)C(CN(C)Cc2cccnc2)C1. The highest BCUT2D eigenvalue weighted by molar-refractivity contribution is 5.08. The van der Waals surface area contributed by atoms with Crippen LogP contribution in [0.3, 0.4) is 0 Å². The quantitative estimate of drug-likeness (QED) is 0.898. The van der Waals surface area contributed by atoms with Crippen molar-refractivity contribution in [1.82, 2.24) is 9.88 Å². The third-order valence-corrected chi connectivity index (χ3v) is 4.75. The Labute approximate surface area is 123 Å². The monoisotopic (exact) mass is 275 g/mol. The van der Waals surface area contributed by atoms with Gasteiger partial charge >= 0.3 is 0 Å². The first kappa shape index (κ1) is 15.5. The van der Waals surface area contributed by atoms with Crippen LogP contribution in [0.25, 0.3) is 0 Å². The van der Waals surface area contributed by atoms with E-state index in [2.05, 4.69) is 36.8 Å². The number of pyridine rings is 1. The van der Waals surface area contributed by atoms with E-state index in [-0.39, 0.29) is 0 Å². The van der Waals surface area contributed by atoms with E-state index >= 15 is 0 Å². The minimum atomic E-state index is 0.376. The molecule has 1 heterocycles. The molecule has 2 rings (SSSR count). The summed E-state index contributed by atoms with van der Waals surface area (Å²) in [6.45, 7) is 6.75. The third-order valence-electron chi connectivity index (χ3n) is 4.75. The van der Waals surface area contributed by atoms with Gasteiger partial charge in [0.15, 0.2) is 0 Å². The van der Waals surface area contributed by atoms with Crippen molar-refractivity contribution >= 4 is 0 Å². The Hall–Kier alpha value is -0.930. The van der Waals surface area contributed by atoms with E-state index in [4.69, 9.17) is 5.73 Å². The van der Waals surface area contributed by atoms with E-state index in [1.165, 1.54) is 24.8 Å². The molecule has 3 unspecified atom stereocenters. The topological polar surface area (TPSA) is 42.1 Å². The summed E-state index contributed by atoms with van der Waals surface area (Å²) in [6.07, 6.45) is 7.56. The van der Waals surface area contributed by atoms with Crippen LogP contribution in [0.1, 0.15) is 38.7 Å². The second-order valence-corrected chi connectivity index (χ2v) is 6.80. The number of nitrogens with zero attached hydrogens (tertiary/aromatic N) is 2. The van der Waals surface area contributed by atoms with Crippen LogP contribution in [0.15, 0.2) is 24.5 Å². The second kappa shape index (κ2) is 7.19. The van der Waals surface area contributed by atoms with Gasteiger partial charge in [-0.25, -0.2) is 0 Å². The molecular weight excluding hydrogens is 246 g/mol. The first-order valence-corrected chi connectivity index (χ1v) is 7.89. The highest BCUT2D eigenvalue weighted by Crippen LogP contribution is 2.33. The lowest BCUT2D eigenvalue weighted by molar-refractivity contribution is 0.147. The van der Waals surface area contributed by atoms with Crippen molar-refractivity contribution in [2.45, 2.75) is 45.7 Å². The molecule has 1 aliphatic rings. The molecule has 3 nitrogen and oxygen atoms in total. The van der Waals surface area contributed by atoms with Crippen LogP contribution >= 0.6 is 0 Å². The lowest BCUT2D eigenvalue weighted by atomic mass is 9.74. The van der Waals surface area contributed by atoms with Crippen molar-refractivity contribution < 1.29 is 0 Å². The van der Waals surface area contributed by atoms with Crippen molar-refractivity contribution in [3.63, 3.8) is 0 Å². The molecule has 1 saturated carbocycles. The lowest BCUT2D eigenvalue weighted by Crippen LogP contribution is -2.42. The van der Waals surface area contributed by atoms with E-state index in [0.717, 1.165) is 24.9 Å². The highest BCUT2D eigenvalue weighted by atomic mass is 15.1. The normalized spacial score (nSPS) is 27.2. The molecule has 0 saturated heterocycles. The van der Waals surface area contributed by atoms with Crippen molar-refractivity contribution in [3.8, 4) is 0 Å². The Morgan fingerprint density at radius 1 is 1.40 bits per heavy atom. The lowest BCUT2D eigenvalue weighted by Gasteiger charge is -2.38. The molecule has 0 spiro atoms. The molecule has 1 aliphatic carbocycles. The Kier molecular flexibility index (Phi) is 5.55. The molecule has 3 heteroatoms. The standard InChI is InChI=1S/C17H29N3/c1-13(2)15-6-7-17(18)16(9-15)12-20(3)11-14-5-4-8-19-10-14/h4-5,8,10,13,15-17H,6-7,9,11-12,18H2,1-3H3. The van der Waals surface area contributed by atoms with Crippen LogP contribution in [0.5, 0.6) is 0 Å². The Bertz CT molecular complexity index is 390. The predicted octanol–water partition coefficient (Wildman–Crippen LogP) is 2.91. The van der Waals surface area contributed by atoms with Crippen LogP contribution in [0, 0.1) is 17.8 Å². The molecule has 0 amide bonds. The van der Waals surface area contributed by atoms with Crippen LogP contribution < -0.4 is 5.73 Å². The Morgan fingerprint density at radius 3 is 2.85 bits per heavy atom. The Balaban J connectivity index is 1.87. The van der Waals surface area contributed by atoms with Gasteiger partial charge in [-0.2, -0.15) is 0 Å². The average molecular weight is 275 g/mol. The van der Waals surface area contributed by atoms with Gasteiger partial charge in [-0.3, -0.25) is 4.98 Å². The summed E-state index contributed by atoms with van der Waals surface area (Å²) in [6, 6.07) is 4.52. The summed E-state index contributed by atoms with van der Waals surface area (Å²) in [4.78, 5) is 6.58. The number of rotatable bonds is 5. The molecule has 112 valence electrons. The van der Waals surface area contributed by atoms with Gasteiger partial charge in [-0.15, -0.1) is 0 Å². The molecule has 1 aromatic heterocycles. The maximum Gasteiger partial charge on any atom is 0.0312 e. The average Bonchev–Trinajstić information content (AvgIpc) is 2.42. The van der Waals surface area contributed by atoms with Crippen molar-refractivity contribution in [2.24, 2.45) is 23.5 Å². The maximum absolute atomic E-state index is 6.34. The van der Waals surface area contributed by atoms with Gasteiger partial charge in [0.1, 0.15) is 0 Å². The highest BCUT2D eigenvalue weighted by Gasteiger charge is 2.30. The van der Waals surface area contributed by atoms with E-state index in [9.17, 15) is 0 Å². The molecule has 0 radical (unpaired) electrons. The van der Waals surface area contributed by atoms with E-state index < -0.39 is 0 Å². The fourth-order valence-corrected chi connectivity index (χ4v) is 3.41. The first-order valence-electron chi connectivity index (χ1n) is 7.89. The van der Waals surface area contributed by atoms with Gasteiger partial charge in [-0.1, -0.05) is 19.9 Å². The number of aromatic nitrogens is 1. The minimum absolute atomic E-state index is 0.376. The van der Waals surface area contributed by atoms with Gasteiger partial charge in [-0.05, 0) is 55.7 Å². The minimum Gasteiger partial charge on any atom is -0.327 e. The molecule has 1 aromatic rings. The zero-order chi connectivity index (χ0) is 14.5. The zero-order valence-electron chi connectivity index (χ0n) is 13.1. The van der Waals surface area contributed by atoms with Crippen molar-refractivity contribution in [3.05, 3.63) is 30.1 Å². The van der Waals surface area contributed by atoms with E-state index in [1.54, 1.807) is 0 Å². The molecular formula is C17H29N3. The first-order chi connectivity index (χ1) is 9.56. The van der Waals surface area contributed by atoms with Crippen LogP contribution in [-0.4, -0.2) is 29.5 Å². The molecule has 2 N–H and O–H groups in total. The van der Waals surface area contributed by atoms with Crippen molar-refractivity contribution in [1.29, 1.82) is 0 Å². The molecule has 0 bridgehead atoms. The summed E-state index contributed by atoms with van der Waals surface area (Å²) in [5.74, 6) is 2.28. The summed E-state index contributed by atoms with van der Waals surface area (Å²) in [5, 5.41) is 0. The molecule has 0 aliphatic heterocycles. The van der Waals surface area contributed by atoms with Crippen LogP contribution in [0.4, 0.5) is 0 Å². The fourth-order valence-electron chi connectivity index (χ4n) is 3.41. The fraction of sp³-hybridized carbons (Fsp3) is 0.706. The summed E-state index contributed by atoms with van der Waals surface area (Å²) in [7, 11) is 2.19. The number of hydrogen-bond acceptors (Lipinski definition) is 3. The predicted molar refractivity (Wildman–Crippen MR) is 84.2 cm³/mol. The second-order valence-electron chi connectivity index (χ2n) is 6.80. The summed E-state index contributed by atoms with van der Waals surface area (Å²) < 4.78 is 0. The van der Waals surface area contributed by atoms with E-state index in [0.29, 0.717) is 12.0 Å². The summed E-state index contributed by atoms with van der Waals surface area (Å²) >= 11 is 0. The molecule has 3 atom stereocenters. The largest absolute Gasteiger partial charge is 0.327 e. The van der Waals surface area contributed by atoms with Crippen LogP contribution in [0.2, 0.25) is 0 Å². The smallest absolute Gasteiger partial charge is 0.0312 e.